The Balaban J connectivity index is 2.29. The third-order valence-corrected chi connectivity index (χ3v) is 11.1. The Labute approximate surface area is 192 Å². The van der Waals surface area contributed by atoms with Gasteiger partial charge in [0, 0.05) is 30.2 Å². The standard InChI is InChI=1S/C22H38N4O5Si/c1-21(2,3)25(20(27)28)17-10-13-24(14-11-17)18-16(9-12-23-19(18)26(29)30)15-31-32(7,8)22(4,5)6/h9,12,17H,10-11,13-15H2,1-8H3,(H,27,28). The van der Waals surface area contributed by atoms with Gasteiger partial charge in [-0.25, -0.2) is 4.79 Å². The number of anilines is 1. The Morgan fingerprint density at radius 1 is 1.28 bits per heavy atom. The molecule has 1 saturated heterocycles. The van der Waals surface area contributed by atoms with Crippen molar-refractivity contribution < 1.29 is 19.3 Å². The van der Waals surface area contributed by atoms with E-state index in [9.17, 15) is 20.0 Å². The summed E-state index contributed by atoms with van der Waals surface area (Å²) in [7, 11) is -2.04. The van der Waals surface area contributed by atoms with Gasteiger partial charge in [-0.3, -0.25) is 0 Å². The second kappa shape index (κ2) is 9.34. The number of pyridine rings is 1. The highest BCUT2D eigenvalue weighted by molar-refractivity contribution is 6.74. The van der Waals surface area contributed by atoms with Crippen molar-refractivity contribution in [3.8, 4) is 0 Å². The van der Waals surface area contributed by atoms with E-state index in [-0.39, 0.29) is 16.9 Å². The Kier molecular flexibility index (Phi) is 7.61. The molecule has 0 unspecified atom stereocenters. The molecule has 9 nitrogen and oxygen atoms in total. The van der Waals surface area contributed by atoms with Crippen molar-refractivity contribution in [3.05, 3.63) is 27.9 Å². The lowest BCUT2D eigenvalue weighted by Gasteiger charge is -2.44. The van der Waals surface area contributed by atoms with Gasteiger partial charge in [-0.15, -0.1) is 0 Å². The zero-order valence-corrected chi connectivity index (χ0v) is 21.6. The molecule has 1 aliphatic heterocycles. The number of nitrogens with zero attached hydrogens (tertiary/aromatic N) is 4. The molecule has 10 heteroatoms. The molecule has 0 aromatic carbocycles. The van der Waals surface area contributed by atoms with Crippen molar-refractivity contribution in [2.75, 3.05) is 18.0 Å². The number of hydrogen-bond donors (Lipinski definition) is 1. The second-order valence-corrected chi connectivity index (χ2v) is 15.8. The van der Waals surface area contributed by atoms with Crippen molar-refractivity contribution in [3.63, 3.8) is 0 Å². The average Bonchev–Trinajstić information content (AvgIpc) is 2.64. The Morgan fingerprint density at radius 2 is 1.84 bits per heavy atom. The third-order valence-electron chi connectivity index (χ3n) is 6.63. The molecule has 0 spiro atoms. The predicted octanol–water partition coefficient (Wildman–Crippen LogP) is 5.26. The van der Waals surface area contributed by atoms with Crippen LogP contribution in [0, 0.1) is 10.1 Å². The van der Waals surface area contributed by atoms with E-state index in [1.807, 2.05) is 25.7 Å². The van der Waals surface area contributed by atoms with Gasteiger partial charge in [-0.05, 0) is 67.7 Å². The van der Waals surface area contributed by atoms with E-state index in [1.54, 1.807) is 6.07 Å². The minimum absolute atomic E-state index is 0.0255. The van der Waals surface area contributed by atoms with Gasteiger partial charge in [0.25, 0.3) is 0 Å². The molecule has 1 amide bonds. The SMILES string of the molecule is CC(C)(C)N(C(=O)O)C1CCN(c2c(CO[Si](C)(C)C(C)(C)C)ccnc2[N+](=O)[O-])CC1. The predicted molar refractivity (Wildman–Crippen MR) is 128 cm³/mol. The fourth-order valence-electron chi connectivity index (χ4n) is 3.89. The summed E-state index contributed by atoms with van der Waals surface area (Å²) in [4.78, 5) is 30.7. The summed E-state index contributed by atoms with van der Waals surface area (Å²) in [6, 6.07) is 1.66. The molecule has 0 aliphatic carbocycles. The molecular formula is C22H38N4O5Si. The quantitative estimate of drug-likeness (QED) is 0.346. The van der Waals surface area contributed by atoms with Gasteiger partial charge in [0.15, 0.2) is 8.32 Å². The molecule has 1 aromatic heterocycles. The van der Waals surface area contributed by atoms with Crippen LogP contribution in [0.5, 0.6) is 0 Å². The van der Waals surface area contributed by atoms with Crippen molar-refractivity contribution in [2.24, 2.45) is 0 Å². The number of nitro groups is 1. The summed E-state index contributed by atoms with van der Waals surface area (Å²) in [5.74, 6) is -0.175. The normalized spacial score (nSPS) is 16.2. The largest absolute Gasteiger partial charge is 0.465 e. The molecule has 2 heterocycles. The van der Waals surface area contributed by atoms with Crippen LogP contribution in [0.1, 0.15) is 59.9 Å². The number of amides is 1. The molecule has 180 valence electrons. The van der Waals surface area contributed by atoms with Crippen molar-refractivity contribution >= 4 is 25.9 Å². The summed E-state index contributed by atoms with van der Waals surface area (Å²) >= 11 is 0. The molecule has 2 rings (SSSR count). The maximum Gasteiger partial charge on any atom is 0.407 e. The van der Waals surface area contributed by atoms with Gasteiger partial charge in [0.2, 0.25) is 0 Å². The van der Waals surface area contributed by atoms with Gasteiger partial charge < -0.3 is 29.4 Å². The zero-order chi connectivity index (χ0) is 24.5. The fourth-order valence-corrected chi connectivity index (χ4v) is 4.84. The lowest BCUT2D eigenvalue weighted by molar-refractivity contribution is -0.388. The number of carboxylic acid groups (broad SMARTS) is 1. The number of piperidine rings is 1. The molecule has 1 fully saturated rings. The van der Waals surface area contributed by atoms with Crippen molar-refractivity contribution in [1.29, 1.82) is 0 Å². The maximum atomic E-state index is 11.9. The smallest absolute Gasteiger partial charge is 0.407 e. The van der Waals surface area contributed by atoms with Crippen LogP contribution in [-0.4, -0.2) is 59.0 Å². The van der Waals surface area contributed by atoms with Crippen LogP contribution in [0.4, 0.5) is 16.3 Å². The number of carbonyl (C=O) groups is 1. The highest BCUT2D eigenvalue weighted by Gasteiger charge is 2.39. The van der Waals surface area contributed by atoms with Crippen molar-refractivity contribution in [2.45, 2.75) is 90.7 Å². The first-order chi connectivity index (χ1) is 14.6. The number of rotatable bonds is 6. The van der Waals surface area contributed by atoms with Crippen molar-refractivity contribution in [1.82, 2.24) is 9.88 Å². The van der Waals surface area contributed by atoms with Gasteiger partial charge in [-0.1, -0.05) is 20.8 Å². The molecule has 0 saturated carbocycles. The second-order valence-electron chi connectivity index (χ2n) is 11.0. The van der Waals surface area contributed by atoms with Crippen LogP contribution in [0.3, 0.4) is 0 Å². The molecule has 1 N–H and O–H groups in total. The first kappa shape index (κ1) is 26.1. The minimum Gasteiger partial charge on any atom is -0.465 e. The van der Waals surface area contributed by atoms with E-state index in [0.29, 0.717) is 38.2 Å². The molecule has 0 atom stereocenters. The van der Waals surface area contributed by atoms with E-state index in [4.69, 9.17) is 4.43 Å². The average molecular weight is 467 g/mol. The molecular weight excluding hydrogens is 428 g/mol. The van der Waals surface area contributed by atoms with E-state index in [1.165, 1.54) is 11.1 Å². The minimum atomic E-state index is -2.04. The van der Waals surface area contributed by atoms with Gasteiger partial charge >= 0.3 is 11.9 Å². The number of hydrogen-bond acceptors (Lipinski definition) is 6. The first-order valence-electron chi connectivity index (χ1n) is 11.1. The van der Waals surface area contributed by atoms with Crippen LogP contribution in [0.2, 0.25) is 18.1 Å². The lowest BCUT2D eigenvalue weighted by atomic mass is 9.96. The third kappa shape index (κ3) is 5.77. The zero-order valence-electron chi connectivity index (χ0n) is 20.6. The van der Waals surface area contributed by atoms with Gasteiger partial charge in [0.05, 0.1) is 6.61 Å². The van der Waals surface area contributed by atoms with Crippen LogP contribution >= 0.6 is 0 Å². The molecule has 1 aromatic rings. The van der Waals surface area contributed by atoms with Crippen LogP contribution in [0.25, 0.3) is 0 Å². The van der Waals surface area contributed by atoms with Gasteiger partial charge in [-0.2, -0.15) is 0 Å². The highest BCUT2D eigenvalue weighted by Crippen LogP contribution is 2.39. The first-order valence-corrected chi connectivity index (χ1v) is 14.0. The topological polar surface area (TPSA) is 109 Å². The maximum absolute atomic E-state index is 11.9. The van der Waals surface area contributed by atoms with Gasteiger partial charge in [0.1, 0.15) is 11.9 Å². The molecule has 1 aliphatic rings. The van der Waals surface area contributed by atoms with Crippen LogP contribution < -0.4 is 4.90 Å². The summed E-state index contributed by atoms with van der Waals surface area (Å²) < 4.78 is 6.36. The number of aromatic nitrogens is 1. The monoisotopic (exact) mass is 466 g/mol. The van der Waals surface area contributed by atoms with Crippen LogP contribution in [0.15, 0.2) is 12.3 Å². The molecule has 32 heavy (non-hydrogen) atoms. The Bertz CT molecular complexity index is 840. The lowest BCUT2D eigenvalue weighted by Crippen LogP contribution is -2.54. The molecule has 0 radical (unpaired) electrons. The summed E-state index contributed by atoms with van der Waals surface area (Å²) in [6.07, 6.45) is 1.72. The van der Waals surface area contributed by atoms with E-state index < -0.39 is 24.9 Å². The summed E-state index contributed by atoms with van der Waals surface area (Å²) in [5.41, 5.74) is 0.731. The molecule has 0 bridgehead atoms. The fraction of sp³-hybridized carbons (Fsp3) is 0.727. The van der Waals surface area contributed by atoms with Crippen LogP contribution in [-0.2, 0) is 11.0 Å². The Hall–Kier alpha value is -2.20. The van der Waals surface area contributed by atoms with E-state index >= 15 is 0 Å². The Morgan fingerprint density at radius 3 is 2.28 bits per heavy atom. The van der Waals surface area contributed by atoms with E-state index in [0.717, 1.165) is 5.56 Å². The highest BCUT2D eigenvalue weighted by atomic mass is 28.4. The summed E-state index contributed by atoms with van der Waals surface area (Å²) in [6.45, 7) is 17.8. The summed E-state index contributed by atoms with van der Waals surface area (Å²) in [5, 5.41) is 21.5. The van der Waals surface area contributed by atoms with E-state index in [2.05, 4.69) is 38.8 Å².